The van der Waals surface area contributed by atoms with E-state index in [0.717, 1.165) is 18.5 Å². The van der Waals surface area contributed by atoms with Crippen molar-refractivity contribution in [3.05, 3.63) is 0 Å². The molecule has 0 aromatic heterocycles. The van der Waals surface area contributed by atoms with Crippen LogP contribution in [-0.2, 0) is 0 Å². The first-order valence-corrected chi connectivity index (χ1v) is 7.62. The summed E-state index contributed by atoms with van der Waals surface area (Å²) in [7, 11) is 0. The Labute approximate surface area is 108 Å². The molecule has 17 heavy (non-hydrogen) atoms. The van der Waals surface area contributed by atoms with Gasteiger partial charge in [-0.1, -0.05) is 26.7 Å². The highest BCUT2D eigenvalue weighted by atomic mass is 15.2. The summed E-state index contributed by atoms with van der Waals surface area (Å²) in [6.07, 6.45) is 6.92. The molecule has 0 aromatic rings. The molecular weight excluding hydrogens is 208 g/mol. The SMILES string of the molecule is CCCN(CCNC1CCCCC1C)C(C)C. The summed E-state index contributed by atoms with van der Waals surface area (Å²) in [6.45, 7) is 12.9. The zero-order chi connectivity index (χ0) is 12.7. The van der Waals surface area contributed by atoms with Crippen LogP contribution in [0.1, 0.15) is 59.8 Å². The van der Waals surface area contributed by atoms with Gasteiger partial charge in [-0.15, -0.1) is 0 Å². The van der Waals surface area contributed by atoms with Gasteiger partial charge in [-0.3, -0.25) is 4.90 Å². The van der Waals surface area contributed by atoms with E-state index >= 15 is 0 Å². The summed E-state index contributed by atoms with van der Waals surface area (Å²) in [6, 6.07) is 1.46. The third-order valence-corrected chi connectivity index (χ3v) is 4.16. The largest absolute Gasteiger partial charge is 0.312 e. The van der Waals surface area contributed by atoms with Crippen LogP contribution in [0.4, 0.5) is 0 Å². The van der Waals surface area contributed by atoms with Crippen LogP contribution in [0.25, 0.3) is 0 Å². The molecule has 1 saturated carbocycles. The van der Waals surface area contributed by atoms with Gasteiger partial charge in [0.25, 0.3) is 0 Å². The molecule has 2 nitrogen and oxygen atoms in total. The Bertz CT molecular complexity index is 187. The van der Waals surface area contributed by atoms with E-state index in [-0.39, 0.29) is 0 Å². The van der Waals surface area contributed by atoms with Gasteiger partial charge in [0.15, 0.2) is 0 Å². The molecule has 0 heterocycles. The van der Waals surface area contributed by atoms with Crippen molar-refractivity contribution in [1.29, 1.82) is 0 Å². The van der Waals surface area contributed by atoms with Gasteiger partial charge in [0.05, 0.1) is 0 Å². The fourth-order valence-corrected chi connectivity index (χ4v) is 2.93. The van der Waals surface area contributed by atoms with E-state index in [1.54, 1.807) is 0 Å². The third kappa shape index (κ3) is 5.39. The average molecular weight is 240 g/mol. The highest BCUT2D eigenvalue weighted by Gasteiger charge is 2.20. The number of rotatable bonds is 7. The molecule has 1 aliphatic rings. The standard InChI is InChI=1S/C15H32N2/c1-5-11-17(13(2)3)12-10-16-15-9-7-6-8-14(15)4/h13-16H,5-12H2,1-4H3. The molecule has 1 rings (SSSR count). The van der Waals surface area contributed by atoms with E-state index in [0.29, 0.717) is 6.04 Å². The van der Waals surface area contributed by atoms with E-state index in [1.165, 1.54) is 45.2 Å². The Morgan fingerprint density at radius 1 is 1.18 bits per heavy atom. The van der Waals surface area contributed by atoms with Gasteiger partial charge in [-0.05, 0) is 45.6 Å². The number of nitrogens with one attached hydrogen (secondary N) is 1. The van der Waals surface area contributed by atoms with Crippen molar-refractivity contribution in [3.8, 4) is 0 Å². The van der Waals surface area contributed by atoms with Crippen molar-refractivity contribution in [2.24, 2.45) is 5.92 Å². The van der Waals surface area contributed by atoms with E-state index < -0.39 is 0 Å². The van der Waals surface area contributed by atoms with E-state index in [4.69, 9.17) is 0 Å². The second-order valence-electron chi connectivity index (χ2n) is 5.95. The lowest BCUT2D eigenvalue weighted by atomic mass is 9.86. The monoisotopic (exact) mass is 240 g/mol. The Morgan fingerprint density at radius 2 is 1.88 bits per heavy atom. The van der Waals surface area contributed by atoms with Crippen LogP contribution in [0.2, 0.25) is 0 Å². The Balaban J connectivity index is 2.20. The van der Waals surface area contributed by atoms with Gasteiger partial charge >= 0.3 is 0 Å². The topological polar surface area (TPSA) is 15.3 Å². The van der Waals surface area contributed by atoms with Crippen molar-refractivity contribution in [2.75, 3.05) is 19.6 Å². The average Bonchev–Trinajstić information content (AvgIpc) is 2.30. The van der Waals surface area contributed by atoms with Gasteiger partial charge < -0.3 is 5.32 Å². The van der Waals surface area contributed by atoms with E-state index in [9.17, 15) is 0 Å². The first-order chi connectivity index (χ1) is 8.15. The van der Waals surface area contributed by atoms with Gasteiger partial charge in [0, 0.05) is 25.2 Å². The second-order valence-corrected chi connectivity index (χ2v) is 5.95. The molecule has 2 heteroatoms. The van der Waals surface area contributed by atoms with Crippen LogP contribution in [0.5, 0.6) is 0 Å². The first kappa shape index (κ1) is 15.0. The fourth-order valence-electron chi connectivity index (χ4n) is 2.93. The molecule has 0 amide bonds. The maximum absolute atomic E-state index is 3.77. The summed E-state index contributed by atoms with van der Waals surface area (Å²) in [5, 5.41) is 3.77. The van der Waals surface area contributed by atoms with Crippen molar-refractivity contribution < 1.29 is 0 Å². The normalized spacial score (nSPS) is 25.8. The lowest BCUT2D eigenvalue weighted by Crippen LogP contribution is -2.43. The molecule has 0 bridgehead atoms. The smallest absolute Gasteiger partial charge is 0.0110 e. The zero-order valence-corrected chi connectivity index (χ0v) is 12.3. The molecule has 0 saturated heterocycles. The van der Waals surface area contributed by atoms with Crippen LogP contribution in [0.3, 0.4) is 0 Å². The minimum Gasteiger partial charge on any atom is -0.312 e. The molecule has 1 N–H and O–H groups in total. The fraction of sp³-hybridized carbons (Fsp3) is 1.00. The maximum atomic E-state index is 3.77. The maximum Gasteiger partial charge on any atom is 0.0110 e. The molecule has 2 atom stereocenters. The summed E-state index contributed by atoms with van der Waals surface area (Å²) in [5.41, 5.74) is 0. The minimum atomic E-state index is 0.681. The number of hydrogen-bond donors (Lipinski definition) is 1. The predicted molar refractivity (Wildman–Crippen MR) is 76.4 cm³/mol. The third-order valence-electron chi connectivity index (χ3n) is 4.16. The molecule has 102 valence electrons. The van der Waals surface area contributed by atoms with Crippen molar-refractivity contribution in [1.82, 2.24) is 10.2 Å². The highest BCUT2D eigenvalue weighted by Crippen LogP contribution is 2.23. The zero-order valence-electron chi connectivity index (χ0n) is 12.3. The molecule has 1 aliphatic carbocycles. The van der Waals surface area contributed by atoms with Crippen LogP contribution in [-0.4, -0.2) is 36.6 Å². The van der Waals surface area contributed by atoms with E-state index in [1.807, 2.05) is 0 Å². The molecule has 0 spiro atoms. The molecule has 2 unspecified atom stereocenters. The summed E-state index contributed by atoms with van der Waals surface area (Å²) in [4.78, 5) is 2.58. The lowest BCUT2D eigenvalue weighted by Gasteiger charge is -2.32. The van der Waals surface area contributed by atoms with Gasteiger partial charge in [-0.25, -0.2) is 0 Å². The summed E-state index contributed by atoms with van der Waals surface area (Å²) in [5.74, 6) is 0.877. The summed E-state index contributed by atoms with van der Waals surface area (Å²) >= 11 is 0. The molecule has 0 aliphatic heterocycles. The van der Waals surface area contributed by atoms with Crippen LogP contribution in [0, 0.1) is 5.92 Å². The molecule has 0 radical (unpaired) electrons. The summed E-state index contributed by atoms with van der Waals surface area (Å²) < 4.78 is 0. The molecule has 0 aromatic carbocycles. The first-order valence-electron chi connectivity index (χ1n) is 7.62. The van der Waals surface area contributed by atoms with Crippen LogP contribution in [0.15, 0.2) is 0 Å². The van der Waals surface area contributed by atoms with Crippen molar-refractivity contribution in [3.63, 3.8) is 0 Å². The van der Waals surface area contributed by atoms with Crippen molar-refractivity contribution >= 4 is 0 Å². The molecule has 1 fully saturated rings. The lowest BCUT2D eigenvalue weighted by molar-refractivity contribution is 0.207. The van der Waals surface area contributed by atoms with Gasteiger partial charge in [0.2, 0.25) is 0 Å². The van der Waals surface area contributed by atoms with Gasteiger partial charge in [0.1, 0.15) is 0 Å². The second kappa shape index (κ2) is 8.10. The minimum absolute atomic E-state index is 0.681. The van der Waals surface area contributed by atoms with Gasteiger partial charge in [-0.2, -0.15) is 0 Å². The molecular formula is C15H32N2. The predicted octanol–water partition coefficient (Wildman–Crippen LogP) is 3.28. The Kier molecular flexibility index (Phi) is 7.14. The Hall–Kier alpha value is -0.0800. The number of nitrogens with zero attached hydrogens (tertiary/aromatic N) is 1. The van der Waals surface area contributed by atoms with Crippen LogP contribution >= 0.6 is 0 Å². The Morgan fingerprint density at radius 3 is 2.47 bits per heavy atom. The van der Waals surface area contributed by atoms with Crippen LogP contribution < -0.4 is 5.32 Å². The quantitative estimate of drug-likeness (QED) is 0.735. The number of hydrogen-bond acceptors (Lipinski definition) is 2. The van der Waals surface area contributed by atoms with E-state index in [2.05, 4.69) is 37.9 Å². The van der Waals surface area contributed by atoms with Crippen molar-refractivity contribution in [2.45, 2.75) is 71.9 Å². The highest BCUT2D eigenvalue weighted by molar-refractivity contribution is 4.78.